The molecule has 0 bridgehead atoms. The molecule has 0 saturated heterocycles. The smallest absolute Gasteiger partial charge is 0.229 e. The Morgan fingerprint density at radius 2 is 1.71 bits per heavy atom. The third kappa shape index (κ3) is 75.8. The van der Waals surface area contributed by atoms with Crippen molar-refractivity contribution in [3.8, 4) is 0 Å². The van der Waals surface area contributed by atoms with Gasteiger partial charge in [-0.15, -0.1) is 11.6 Å². The summed E-state index contributed by atoms with van der Waals surface area (Å²) >= 11 is 0.417. The normalized spacial score (nSPS) is 5.57. The molecule has 0 aromatic carbocycles. The van der Waals surface area contributed by atoms with E-state index in [9.17, 15) is 4.79 Å². The molecule has 0 fully saturated rings. The maximum Gasteiger partial charge on any atom is 0.229 e. The molecular weight excluding hydrogens is 103 g/mol. The molecule has 0 unspecified atom stereocenters. The van der Waals surface area contributed by atoms with Gasteiger partial charge < -0.3 is 4.79 Å². The predicted molar refractivity (Wildman–Crippen MR) is 35.2 cm³/mol. The summed E-state index contributed by atoms with van der Waals surface area (Å²) in [6, 6.07) is 0. The van der Waals surface area contributed by atoms with Gasteiger partial charge in [0.2, 0.25) is 15.2 Å². The van der Waals surface area contributed by atoms with Crippen LogP contribution in [0.2, 0.25) is 11.6 Å². The SMILES string of the molecule is CCC=O.[CH3][AlH][CH3]. The van der Waals surface area contributed by atoms with Crippen LogP contribution in [-0.2, 0) is 4.79 Å². The summed E-state index contributed by atoms with van der Waals surface area (Å²) in [5.74, 6) is 4.53. The molecule has 0 heterocycles. The van der Waals surface area contributed by atoms with Crippen LogP contribution in [-0.4, -0.2) is 21.5 Å². The molecule has 0 amide bonds. The minimum absolute atomic E-state index is 0.417. The Labute approximate surface area is 51.8 Å². The van der Waals surface area contributed by atoms with Crippen molar-refractivity contribution in [3.63, 3.8) is 0 Å². The van der Waals surface area contributed by atoms with Gasteiger partial charge in [-0.25, -0.2) is 0 Å². The Morgan fingerprint density at radius 1 is 1.57 bits per heavy atom. The van der Waals surface area contributed by atoms with Crippen molar-refractivity contribution in [1.29, 1.82) is 0 Å². The predicted octanol–water partition coefficient (Wildman–Crippen LogP) is 1.11. The Kier molecular flexibility index (Phi) is 23.9. The summed E-state index contributed by atoms with van der Waals surface area (Å²) in [4.78, 5) is 9.17. The number of hydrogen-bond acceptors (Lipinski definition) is 1. The van der Waals surface area contributed by atoms with E-state index < -0.39 is 0 Å². The fourth-order valence-electron chi connectivity index (χ4n) is 0. The van der Waals surface area contributed by atoms with Crippen molar-refractivity contribution in [2.75, 3.05) is 0 Å². The van der Waals surface area contributed by atoms with Crippen molar-refractivity contribution in [3.05, 3.63) is 0 Å². The summed E-state index contributed by atoms with van der Waals surface area (Å²) in [6.45, 7) is 1.81. The van der Waals surface area contributed by atoms with Gasteiger partial charge in [-0.1, -0.05) is 6.92 Å². The molecule has 2 heteroatoms. The molecule has 0 spiro atoms. The molecule has 0 aromatic rings. The van der Waals surface area contributed by atoms with Crippen LogP contribution in [0.1, 0.15) is 13.3 Å². The lowest BCUT2D eigenvalue weighted by Crippen LogP contribution is -1.55. The lowest BCUT2D eigenvalue weighted by molar-refractivity contribution is -0.107. The van der Waals surface area contributed by atoms with Gasteiger partial charge in [0, 0.05) is 6.42 Å². The summed E-state index contributed by atoms with van der Waals surface area (Å²) in [5.41, 5.74) is 0. The molecule has 0 radical (unpaired) electrons. The van der Waals surface area contributed by atoms with Gasteiger partial charge in [-0.2, -0.15) is 0 Å². The molecule has 0 aliphatic carbocycles. The van der Waals surface area contributed by atoms with Gasteiger partial charge in [0.15, 0.2) is 0 Å². The second-order valence-corrected chi connectivity index (χ2v) is 2.70. The van der Waals surface area contributed by atoms with E-state index in [1.807, 2.05) is 6.92 Å². The second kappa shape index (κ2) is 16.4. The Morgan fingerprint density at radius 3 is 1.71 bits per heavy atom. The van der Waals surface area contributed by atoms with Crippen LogP contribution < -0.4 is 0 Å². The van der Waals surface area contributed by atoms with Crippen LogP contribution >= 0.6 is 0 Å². The van der Waals surface area contributed by atoms with Crippen LogP contribution in [0.25, 0.3) is 0 Å². The molecule has 1 nitrogen and oxygen atoms in total. The zero-order chi connectivity index (χ0) is 6.12. The second-order valence-electron chi connectivity index (χ2n) is 1.28. The van der Waals surface area contributed by atoms with Gasteiger partial charge in [-0.05, 0) is 0 Å². The average molecular weight is 116 g/mol. The van der Waals surface area contributed by atoms with Crippen molar-refractivity contribution in [2.45, 2.75) is 24.9 Å². The van der Waals surface area contributed by atoms with Crippen molar-refractivity contribution in [1.82, 2.24) is 0 Å². The number of carbonyl (C=O) groups is 1. The fourth-order valence-corrected chi connectivity index (χ4v) is 0. The molecule has 42 valence electrons. The summed E-state index contributed by atoms with van der Waals surface area (Å²) in [6.07, 6.45) is 1.51. The minimum atomic E-state index is 0.417. The molecule has 0 atom stereocenters. The van der Waals surface area contributed by atoms with E-state index in [0.29, 0.717) is 21.6 Å². The number of rotatable bonds is 1. The molecular formula is C5H13AlO. The van der Waals surface area contributed by atoms with Crippen LogP contribution in [0, 0.1) is 0 Å². The van der Waals surface area contributed by atoms with E-state index in [4.69, 9.17) is 0 Å². The molecule has 0 rings (SSSR count). The molecule has 0 aliphatic heterocycles. The molecule has 0 saturated carbocycles. The van der Waals surface area contributed by atoms with Crippen molar-refractivity contribution < 1.29 is 4.79 Å². The van der Waals surface area contributed by atoms with Gasteiger partial charge in [0.1, 0.15) is 6.29 Å². The summed E-state index contributed by atoms with van der Waals surface area (Å²) < 4.78 is 0. The monoisotopic (exact) mass is 116 g/mol. The van der Waals surface area contributed by atoms with E-state index in [-0.39, 0.29) is 0 Å². The maximum atomic E-state index is 9.17. The maximum absolute atomic E-state index is 9.17. The van der Waals surface area contributed by atoms with Crippen molar-refractivity contribution in [2.24, 2.45) is 0 Å². The van der Waals surface area contributed by atoms with E-state index in [0.717, 1.165) is 6.29 Å². The molecule has 0 aromatic heterocycles. The third-order valence-corrected chi connectivity index (χ3v) is 0.167. The summed E-state index contributed by atoms with van der Waals surface area (Å²) in [7, 11) is 0. The van der Waals surface area contributed by atoms with Gasteiger partial charge >= 0.3 is 0 Å². The van der Waals surface area contributed by atoms with Crippen LogP contribution in [0.4, 0.5) is 0 Å². The van der Waals surface area contributed by atoms with Gasteiger partial charge in [0.05, 0.1) is 0 Å². The first-order valence-corrected chi connectivity index (χ1v) is 5.59. The standard InChI is InChI=1S/C3H6O.2CH3.Al.H/c1-2-3-4;;;;/h3H,2H2,1H3;2*1H3;;. The largest absolute Gasteiger partial charge is 0.303 e. The lowest BCUT2D eigenvalue weighted by atomic mass is 10.6. The highest BCUT2D eigenvalue weighted by molar-refractivity contribution is 6.31. The lowest BCUT2D eigenvalue weighted by Gasteiger charge is -1.51. The van der Waals surface area contributed by atoms with E-state index in [1.165, 1.54) is 0 Å². The zero-order valence-electron chi connectivity index (χ0n) is 5.40. The number of hydrogen-bond donors (Lipinski definition) is 0. The van der Waals surface area contributed by atoms with Crippen LogP contribution in [0.15, 0.2) is 0 Å². The van der Waals surface area contributed by atoms with Crippen molar-refractivity contribution >= 4 is 21.5 Å². The van der Waals surface area contributed by atoms with E-state index >= 15 is 0 Å². The quantitative estimate of drug-likeness (QED) is 0.370. The third-order valence-electron chi connectivity index (χ3n) is 0.167. The Hall–Kier alpha value is 0.202. The topological polar surface area (TPSA) is 17.1 Å². The van der Waals surface area contributed by atoms with Gasteiger partial charge in [0.25, 0.3) is 0 Å². The van der Waals surface area contributed by atoms with Gasteiger partial charge in [-0.3, -0.25) is 0 Å². The Balaban J connectivity index is 0. The zero-order valence-corrected chi connectivity index (χ0v) is 6.81. The molecule has 0 aliphatic rings. The van der Waals surface area contributed by atoms with E-state index in [1.54, 1.807) is 0 Å². The van der Waals surface area contributed by atoms with Crippen LogP contribution in [0.5, 0.6) is 0 Å². The Bertz CT molecular complexity index is 29.3. The van der Waals surface area contributed by atoms with E-state index in [2.05, 4.69) is 11.6 Å². The first kappa shape index (κ1) is 10.2. The highest BCUT2D eigenvalue weighted by atomic mass is 27.1. The molecule has 7 heavy (non-hydrogen) atoms. The average Bonchev–Trinajstić information content (AvgIpc) is 1.69. The number of aldehydes is 1. The van der Waals surface area contributed by atoms with Crippen LogP contribution in [0.3, 0.4) is 0 Å². The first-order chi connectivity index (χ1) is 3.33. The highest BCUT2D eigenvalue weighted by Gasteiger charge is 1.52. The fraction of sp³-hybridized carbons (Fsp3) is 0.800. The number of carbonyl (C=O) groups excluding carboxylic acids is 1. The molecule has 0 N–H and O–H groups in total. The highest BCUT2D eigenvalue weighted by Crippen LogP contribution is 1.53. The minimum Gasteiger partial charge on any atom is -0.303 e. The first-order valence-electron chi connectivity index (χ1n) is 2.77. The summed E-state index contributed by atoms with van der Waals surface area (Å²) in [5, 5.41) is 0.